The normalized spacial score (nSPS) is 24.3. The maximum absolute atomic E-state index is 12.6. The first-order valence-corrected chi connectivity index (χ1v) is 8.92. The van der Waals surface area contributed by atoms with Gasteiger partial charge in [0.05, 0.1) is 22.9 Å². The van der Waals surface area contributed by atoms with E-state index in [1.807, 2.05) is 13.8 Å². The zero-order valence-electron chi connectivity index (χ0n) is 11.2. The smallest absolute Gasteiger partial charge is 0.244 e. The molecule has 0 amide bonds. The van der Waals surface area contributed by atoms with Gasteiger partial charge in [-0.3, -0.25) is 0 Å². The van der Waals surface area contributed by atoms with Gasteiger partial charge in [-0.15, -0.1) is 22.9 Å². The Labute approximate surface area is 123 Å². The van der Waals surface area contributed by atoms with Crippen molar-refractivity contribution in [2.45, 2.75) is 43.2 Å². The number of likely N-dealkylation sites (N-methyl/N-ethyl adjacent to an activating group) is 1. The molecule has 4 nitrogen and oxygen atoms in total. The Balaban J connectivity index is 2.33. The van der Waals surface area contributed by atoms with Crippen LogP contribution in [0.5, 0.6) is 0 Å². The molecule has 2 unspecified atom stereocenters. The number of alkyl halides is 1. The highest BCUT2D eigenvalue weighted by atomic mass is 35.5. The summed E-state index contributed by atoms with van der Waals surface area (Å²) in [7, 11) is -1.84. The Morgan fingerprint density at radius 1 is 1.58 bits per heavy atom. The second-order valence-corrected chi connectivity index (χ2v) is 8.29. The van der Waals surface area contributed by atoms with Gasteiger partial charge in [0.2, 0.25) is 10.0 Å². The summed E-state index contributed by atoms with van der Waals surface area (Å²) in [4.78, 5) is 2.03. The lowest BCUT2D eigenvalue weighted by Crippen LogP contribution is -2.40. The standard InChI is InChI=1S/C12H18ClNO3S2/c1-8-11(4-5-17-8)14(3)19(15,16)12-6-10(7-13)18-9(12)2/h6,8,11H,4-5,7H2,1-3H3. The quantitative estimate of drug-likeness (QED) is 0.800. The van der Waals surface area contributed by atoms with Crippen molar-refractivity contribution in [2.75, 3.05) is 13.7 Å². The minimum Gasteiger partial charge on any atom is -0.377 e. The number of ether oxygens (including phenoxy) is 1. The third-order valence-electron chi connectivity index (χ3n) is 3.52. The van der Waals surface area contributed by atoms with Gasteiger partial charge in [0, 0.05) is 23.4 Å². The van der Waals surface area contributed by atoms with Crippen LogP contribution in [-0.4, -0.2) is 38.5 Å². The van der Waals surface area contributed by atoms with Crippen LogP contribution >= 0.6 is 22.9 Å². The molecule has 19 heavy (non-hydrogen) atoms. The molecular weight excluding hydrogens is 306 g/mol. The summed E-state index contributed by atoms with van der Waals surface area (Å²) in [5, 5.41) is 0. The summed E-state index contributed by atoms with van der Waals surface area (Å²) in [5.74, 6) is 0.341. The van der Waals surface area contributed by atoms with Gasteiger partial charge < -0.3 is 4.74 Å². The maximum atomic E-state index is 12.6. The second-order valence-electron chi connectivity index (χ2n) is 4.72. The molecule has 0 saturated carbocycles. The van der Waals surface area contributed by atoms with Gasteiger partial charge >= 0.3 is 0 Å². The first kappa shape index (κ1) is 15.3. The highest BCUT2D eigenvalue weighted by Crippen LogP contribution is 2.31. The van der Waals surface area contributed by atoms with Crippen molar-refractivity contribution in [3.05, 3.63) is 15.8 Å². The molecule has 2 rings (SSSR count). The van der Waals surface area contributed by atoms with Gasteiger partial charge in [0.25, 0.3) is 0 Å². The molecule has 0 N–H and O–H groups in total. The summed E-state index contributed by atoms with van der Waals surface area (Å²) in [6.07, 6.45) is 0.675. The van der Waals surface area contributed by atoms with Crippen molar-refractivity contribution < 1.29 is 13.2 Å². The first-order chi connectivity index (χ1) is 8.87. The average molecular weight is 324 g/mol. The lowest BCUT2D eigenvalue weighted by atomic mass is 10.2. The summed E-state index contributed by atoms with van der Waals surface area (Å²) in [5.41, 5.74) is 0. The molecule has 1 aliphatic rings. The molecule has 0 bridgehead atoms. The first-order valence-electron chi connectivity index (χ1n) is 6.13. The molecule has 1 aliphatic heterocycles. The SMILES string of the molecule is Cc1sc(CCl)cc1S(=O)(=O)N(C)C1CCOC1C. The predicted octanol–water partition coefficient (Wildman–Crippen LogP) is 2.59. The summed E-state index contributed by atoms with van der Waals surface area (Å²) >= 11 is 7.21. The molecule has 1 saturated heterocycles. The number of aryl methyl sites for hydroxylation is 1. The fourth-order valence-corrected chi connectivity index (χ4v) is 5.52. The molecular formula is C12H18ClNO3S2. The Hall–Kier alpha value is -0.140. The fourth-order valence-electron chi connectivity index (χ4n) is 2.38. The van der Waals surface area contributed by atoms with Crippen LogP contribution < -0.4 is 0 Å². The minimum atomic E-state index is -3.47. The minimum absolute atomic E-state index is 0.0637. The van der Waals surface area contributed by atoms with Crippen molar-refractivity contribution in [2.24, 2.45) is 0 Å². The van der Waals surface area contributed by atoms with Crippen LogP contribution in [-0.2, 0) is 20.6 Å². The molecule has 2 atom stereocenters. The van der Waals surface area contributed by atoms with E-state index in [2.05, 4.69) is 0 Å². The van der Waals surface area contributed by atoms with Crippen molar-refractivity contribution in [1.29, 1.82) is 0 Å². The summed E-state index contributed by atoms with van der Waals surface area (Å²) in [6.45, 7) is 4.34. The molecule has 1 fully saturated rings. The zero-order chi connectivity index (χ0) is 14.2. The predicted molar refractivity (Wildman–Crippen MR) is 77.4 cm³/mol. The van der Waals surface area contributed by atoms with E-state index in [0.717, 1.165) is 16.2 Å². The molecule has 0 aliphatic carbocycles. The number of rotatable bonds is 4. The van der Waals surface area contributed by atoms with E-state index < -0.39 is 10.0 Å². The average Bonchev–Trinajstić information content (AvgIpc) is 2.94. The van der Waals surface area contributed by atoms with E-state index in [1.165, 1.54) is 15.6 Å². The lowest BCUT2D eigenvalue weighted by molar-refractivity contribution is 0.102. The van der Waals surface area contributed by atoms with E-state index in [-0.39, 0.29) is 12.1 Å². The topological polar surface area (TPSA) is 46.6 Å². The van der Waals surface area contributed by atoms with Crippen molar-refractivity contribution in [3.63, 3.8) is 0 Å². The summed E-state index contributed by atoms with van der Waals surface area (Å²) in [6, 6.07) is 1.59. The number of hydrogen-bond acceptors (Lipinski definition) is 4. The lowest BCUT2D eigenvalue weighted by Gasteiger charge is -2.25. The largest absolute Gasteiger partial charge is 0.377 e. The van der Waals surface area contributed by atoms with E-state index in [0.29, 0.717) is 17.4 Å². The van der Waals surface area contributed by atoms with Crippen molar-refractivity contribution in [1.82, 2.24) is 4.31 Å². The molecule has 7 heteroatoms. The molecule has 108 valence electrons. The van der Waals surface area contributed by atoms with Crippen LogP contribution in [0.15, 0.2) is 11.0 Å². The second kappa shape index (κ2) is 5.69. The van der Waals surface area contributed by atoms with Gasteiger partial charge in [-0.25, -0.2) is 8.42 Å². The van der Waals surface area contributed by atoms with Crippen LogP contribution in [0.4, 0.5) is 0 Å². The van der Waals surface area contributed by atoms with Gasteiger partial charge in [0.1, 0.15) is 0 Å². The monoisotopic (exact) mass is 323 g/mol. The van der Waals surface area contributed by atoms with E-state index in [1.54, 1.807) is 13.1 Å². The Morgan fingerprint density at radius 2 is 2.26 bits per heavy atom. The highest BCUT2D eigenvalue weighted by Gasteiger charge is 2.36. The van der Waals surface area contributed by atoms with E-state index >= 15 is 0 Å². The van der Waals surface area contributed by atoms with Crippen LogP contribution in [0.3, 0.4) is 0 Å². The fraction of sp³-hybridized carbons (Fsp3) is 0.667. The van der Waals surface area contributed by atoms with Crippen LogP contribution in [0.25, 0.3) is 0 Å². The van der Waals surface area contributed by atoms with Crippen molar-refractivity contribution >= 4 is 33.0 Å². The molecule has 0 aromatic carbocycles. The maximum Gasteiger partial charge on any atom is 0.244 e. The van der Waals surface area contributed by atoms with E-state index in [9.17, 15) is 8.42 Å². The number of thiophene rings is 1. The third-order valence-corrected chi connectivity index (χ3v) is 7.15. The Bertz CT molecular complexity index is 555. The van der Waals surface area contributed by atoms with Gasteiger partial charge in [-0.1, -0.05) is 0 Å². The molecule has 1 aromatic heterocycles. The zero-order valence-corrected chi connectivity index (χ0v) is 13.6. The van der Waals surface area contributed by atoms with Crippen LogP contribution in [0.1, 0.15) is 23.1 Å². The van der Waals surface area contributed by atoms with Gasteiger partial charge in [-0.2, -0.15) is 4.31 Å². The number of halogens is 1. The van der Waals surface area contributed by atoms with Crippen molar-refractivity contribution in [3.8, 4) is 0 Å². The highest BCUT2D eigenvalue weighted by molar-refractivity contribution is 7.89. The number of nitrogens with zero attached hydrogens (tertiary/aromatic N) is 1. The summed E-state index contributed by atoms with van der Waals surface area (Å²) < 4.78 is 32.2. The Kier molecular flexibility index (Phi) is 4.57. The number of sulfonamides is 1. The van der Waals surface area contributed by atoms with Crippen LogP contribution in [0.2, 0.25) is 0 Å². The van der Waals surface area contributed by atoms with E-state index in [4.69, 9.17) is 16.3 Å². The molecule has 1 aromatic rings. The number of hydrogen-bond donors (Lipinski definition) is 0. The van der Waals surface area contributed by atoms with Gasteiger partial charge in [0.15, 0.2) is 0 Å². The molecule has 0 radical (unpaired) electrons. The molecule has 0 spiro atoms. The third kappa shape index (κ3) is 2.83. The Morgan fingerprint density at radius 3 is 2.74 bits per heavy atom. The molecule has 2 heterocycles. The van der Waals surface area contributed by atoms with Crippen LogP contribution in [0, 0.1) is 6.92 Å². The van der Waals surface area contributed by atoms with Gasteiger partial charge in [-0.05, 0) is 26.3 Å².